The van der Waals surface area contributed by atoms with E-state index in [0.717, 1.165) is 12.2 Å². The fourth-order valence-electron chi connectivity index (χ4n) is 2.20. The summed E-state index contributed by atoms with van der Waals surface area (Å²) in [6.45, 7) is 4.31. The van der Waals surface area contributed by atoms with Gasteiger partial charge in [-0.05, 0) is 44.0 Å². The first-order chi connectivity index (χ1) is 8.61. The van der Waals surface area contributed by atoms with Crippen LogP contribution in [0.3, 0.4) is 0 Å². The summed E-state index contributed by atoms with van der Waals surface area (Å²) in [4.78, 5) is 4.42. The standard InChI is InChI=1S/C15H21N3/c1-11-5-6-13(9-12(11)2)10-14(16-3)15-17-7-8-18(15)4/h5-9,14,16H,10H2,1-4H3. The summed E-state index contributed by atoms with van der Waals surface area (Å²) in [6, 6.07) is 6.92. The molecule has 1 aromatic heterocycles. The van der Waals surface area contributed by atoms with E-state index in [4.69, 9.17) is 0 Å². The number of hydrogen-bond donors (Lipinski definition) is 1. The van der Waals surface area contributed by atoms with Gasteiger partial charge in [0, 0.05) is 19.4 Å². The number of nitrogens with zero attached hydrogens (tertiary/aromatic N) is 2. The van der Waals surface area contributed by atoms with E-state index >= 15 is 0 Å². The molecular formula is C15H21N3. The molecule has 1 unspecified atom stereocenters. The molecule has 0 aliphatic carbocycles. The first-order valence-electron chi connectivity index (χ1n) is 6.32. The Hall–Kier alpha value is -1.61. The third-order valence-corrected chi connectivity index (χ3v) is 3.53. The van der Waals surface area contributed by atoms with Crippen LogP contribution in [0.4, 0.5) is 0 Å². The molecule has 0 aliphatic rings. The third-order valence-electron chi connectivity index (χ3n) is 3.53. The molecule has 3 nitrogen and oxygen atoms in total. The molecule has 2 rings (SSSR count). The molecule has 2 aromatic rings. The van der Waals surface area contributed by atoms with Crippen LogP contribution in [0.5, 0.6) is 0 Å². The summed E-state index contributed by atoms with van der Waals surface area (Å²) in [6.07, 6.45) is 4.79. The lowest BCUT2D eigenvalue weighted by Crippen LogP contribution is -2.22. The van der Waals surface area contributed by atoms with Crippen LogP contribution in [0, 0.1) is 13.8 Å². The highest BCUT2D eigenvalue weighted by Gasteiger charge is 2.14. The number of nitrogens with one attached hydrogen (secondary N) is 1. The zero-order valence-electron chi connectivity index (χ0n) is 11.6. The van der Waals surface area contributed by atoms with Gasteiger partial charge >= 0.3 is 0 Å². The molecule has 1 atom stereocenters. The van der Waals surface area contributed by atoms with Crippen molar-refractivity contribution >= 4 is 0 Å². The monoisotopic (exact) mass is 243 g/mol. The maximum Gasteiger partial charge on any atom is 0.125 e. The summed E-state index contributed by atoms with van der Waals surface area (Å²) in [5.41, 5.74) is 4.04. The van der Waals surface area contributed by atoms with Crippen molar-refractivity contribution in [1.29, 1.82) is 0 Å². The largest absolute Gasteiger partial charge is 0.337 e. The molecule has 0 bridgehead atoms. The number of benzene rings is 1. The Kier molecular flexibility index (Phi) is 3.82. The molecule has 0 fully saturated rings. The highest BCUT2D eigenvalue weighted by molar-refractivity contribution is 5.30. The van der Waals surface area contributed by atoms with Gasteiger partial charge in [0.1, 0.15) is 5.82 Å². The summed E-state index contributed by atoms with van der Waals surface area (Å²) >= 11 is 0. The molecule has 1 heterocycles. The van der Waals surface area contributed by atoms with Crippen LogP contribution in [0.25, 0.3) is 0 Å². The summed E-state index contributed by atoms with van der Waals surface area (Å²) in [5.74, 6) is 1.08. The summed E-state index contributed by atoms with van der Waals surface area (Å²) in [7, 11) is 4.02. The minimum absolute atomic E-state index is 0.257. The van der Waals surface area contributed by atoms with Gasteiger partial charge in [0.15, 0.2) is 0 Å². The third kappa shape index (κ3) is 2.62. The number of rotatable bonds is 4. The minimum Gasteiger partial charge on any atom is -0.337 e. The van der Waals surface area contributed by atoms with Crippen molar-refractivity contribution in [3.05, 3.63) is 53.1 Å². The highest BCUT2D eigenvalue weighted by atomic mass is 15.1. The van der Waals surface area contributed by atoms with Gasteiger partial charge in [0.2, 0.25) is 0 Å². The van der Waals surface area contributed by atoms with Crippen molar-refractivity contribution in [3.8, 4) is 0 Å². The molecule has 96 valence electrons. The maximum absolute atomic E-state index is 4.42. The Balaban J connectivity index is 2.20. The van der Waals surface area contributed by atoms with Crippen molar-refractivity contribution in [2.45, 2.75) is 26.3 Å². The van der Waals surface area contributed by atoms with E-state index in [-0.39, 0.29) is 6.04 Å². The van der Waals surface area contributed by atoms with E-state index in [2.05, 4.69) is 46.9 Å². The number of aryl methyl sites for hydroxylation is 3. The van der Waals surface area contributed by atoms with Gasteiger partial charge in [-0.3, -0.25) is 0 Å². The van der Waals surface area contributed by atoms with Gasteiger partial charge in [-0.2, -0.15) is 0 Å². The Bertz CT molecular complexity index is 528. The molecule has 3 heteroatoms. The maximum atomic E-state index is 4.42. The van der Waals surface area contributed by atoms with Crippen molar-refractivity contribution in [2.24, 2.45) is 7.05 Å². The van der Waals surface area contributed by atoms with Gasteiger partial charge in [0.25, 0.3) is 0 Å². The molecule has 1 N–H and O–H groups in total. The number of likely N-dealkylation sites (N-methyl/N-ethyl adjacent to an activating group) is 1. The molecule has 0 radical (unpaired) electrons. The predicted molar refractivity (Wildman–Crippen MR) is 74.6 cm³/mol. The topological polar surface area (TPSA) is 29.9 Å². The fourth-order valence-corrected chi connectivity index (χ4v) is 2.20. The van der Waals surface area contributed by atoms with Crippen LogP contribution in [0.1, 0.15) is 28.6 Å². The zero-order chi connectivity index (χ0) is 13.1. The lowest BCUT2D eigenvalue weighted by atomic mass is 10.0. The molecule has 18 heavy (non-hydrogen) atoms. The van der Waals surface area contributed by atoms with Gasteiger partial charge < -0.3 is 9.88 Å². The van der Waals surface area contributed by atoms with Crippen LogP contribution in [0.15, 0.2) is 30.6 Å². The van der Waals surface area contributed by atoms with Crippen molar-refractivity contribution in [3.63, 3.8) is 0 Å². The van der Waals surface area contributed by atoms with E-state index in [1.54, 1.807) is 0 Å². The second kappa shape index (κ2) is 5.36. The summed E-state index contributed by atoms with van der Waals surface area (Å²) in [5, 5.41) is 3.34. The van der Waals surface area contributed by atoms with Crippen molar-refractivity contribution in [2.75, 3.05) is 7.05 Å². The van der Waals surface area contributed by atoms with E-state index < -0.39 is 0 Å². The second-order valence-corrected chi connectivity index (χ2v) is 4.86. The van der Waals surface area contributed by atoms with Gasteiger partial charge in [0.05, 0.1) is 6.04 Å². The van der Waals surface area contributed by atoms with E-state index in [0.29, 0.717) is 0 Å². The quantitative estimate of drug-likeness (QED) is 0.894. The van der Waals surface area contributed by atoms with E-state index in [9.17, 15) is 0 Å². The molecule has 0 spiro atoms. The normalized spacial score (nSPS) is 12.7. The molecule has 0 saturated heterocycles. The SMILES string of the molecule is CNC(Cc1ccc(C)c(C)c1)c1nccn1C. The molecule has 1 aromatic carbocycles. The Morgan fingerprint density at radius 2 is 2.06 bits per heavy atom. The smallest absolute Gasteiger partial charge is 0.125 e. The zero-order valence-corrected chi connectivity index (χ0v) is 11.6. The lowest BCUT2D eigenvalue weighted by molar-refractivity contribution is 0.538. The minimum atomic E-state index is 0.257. The van der Waals surface area contributed by atoms with Gasteiger partial charge in [-0.1, -0.05) is 18.2 Å². The van der Waals surface area contributed by atoms with E-state index in [1.807, 2.05) is 26.5 Å². The van der Waals surface area contributed by atoms with Crippen molar-refractivity contribution < 1.29 is 0 Å². The first-order valence-corrected chi connectivity index (χ1v) is 6.32. The number of hydrogen-bond acceptors (Lipinski definition) is 2. The van der Waals surface area contributed by atoms with Crippen LogP contribution in [-0.4, -0.2) is 16.6 Å². The molecule has 0 aliphatic heterocycles. The van der Waals surface area contributed by atoms with Crippen LogP contribution >= 0.6 is 0 Å². The van der Waals surface area contributed by atoms with Crippen LogP contribution in [0.2, 0.25) is 0 Å². The summed E-state index contributed by atoms with van der Waals surface area (Å²) < 4.78 is 2.07. The van der Waals surface area contributed by atoms with Crippen molar-refractivity contribution in [1.82, 2.24) is 14.9 Å². The Morgan fingerprint density at radius 3 is 2.61 bits per heavy atom. The first kappa shape index (κ1) is 12.8. The average Bonchev–Trinajstić information content (AvgIpc) is 2.77. The van der Waals surface area contributed by atoms with Crippen LogP contribution in [-0.2, 0) is 13.5 Å². The Labute approximate surface area is 109 Å². The molecular weight excluding hydrogens is 222 g/mol. The highest BCUT2D eigenvalue weighted by Crippen LogP contribution is 2.18. The predicted octanol–water partition coefficient (Wildman–Crippen LogP) is 2.54. The molecule has 0 amide bonds. The fraction of sp³-hybridized carbons (Fsp3) is 0.400. The lowest BCUT2D eigenvalue weighted by Gasteiger charge is -2.16. The van der Waals surface area contributed by atoms with Gasteiger partial charge in [-0.15, -0.1) is 0 Å². The average molecular weight is 243 g/mol. The Morgan fingerprint density at radius 1 is 1.28 bits per heavy atom. The van der Waals surface area contributed by atoms with Gasteiger partial charge in [-0.25, -0.2) is 4.98 Å². The number of aromatic nitrogens is 2. The van der Waals surface area contributed by atoms with Crippen LogP contribution < -0.4 is 5.32 Å². The second-order valence-electron chi connectivity index (χ2n) is 4.86. The number of imidazole rings is 1. The molecule has 0 saturated carbocycles. The van der Waals surface area contributed by atoms with E-state index in [1.165, 1.54) is 16.7 Å².